The summed E-state index contributed by atoms with van der Waals surface area (Å²) in [4.78, 5) is 19.9. The van der Waals surface area contributed by atoms with Crippen molar-refractivity contribution < 1.29 is 0 Å². The number of H-pyrrole nitrogens is 1. The molecule has 0 spiro atoms. The Kier molecular flexibility index (Phi) is 3.23. The molecule has 0 saturated carbocycles. The highest BCUT2D eigenvalue weighted by Gasteiger charge is 2.17. The summed E-state index contributed by atoms with van der Waals surface area (Å²) in [7, 11) is 0. The summed E-state index contributed by atoms with van der Waals surface area (Å²) in [5.74, 6) is 0.637. The molecule has 0 bridgehead atoms. The maximum Gasteiger partial charge on any atom is 0.251 e. The smallest absolute Gasteiger partial charge is 0.251 e. The Hall–Kier alpha value is -0.940. The molecule has 0 saturated heterocycles. The summed E-state index contributed by atoms with van der Waals surface area (Å²) in [5, 5.41) is 1.97. The Morgan fingerprint density at radius 1 is 1.35 bits per heavy atom. The summed E-state index contributed by atoms with van der Waals surface area (Å²) in [6, 6.07) is 3.52. The Morgan fingerprint density at radius 2 is 2.06 bits per heavy atom. The van der Waals surface area contributed by atoms with E-state index < -0.39 is 0 Å². The Bertz CT molecular complexity index is 595. The Morgan fingerprint density at radius 3 is 2.59 bits per heavy atom. The zero-order valence-corrected chi connectivity index (χ0v) is 12.3. The number of halogens is 1. The van der Waals surface area contributed by atoms with E-state index in [4.69, 9.17) is 0 Å². The molecule has 0 amide bonds. The van der Waals surface area contributed by atoms with Gasteiger partial charge in [0, 0.05) is 21.3 Å². The minimum Gasteiger partial charge on any atom is -0.306 e. The van der Waals surface area contributed by atoms with Crippen LogP contribution in [0.3, 0.4) is 0 Å². The molecule has 0 unspecified atom stereocenters. The van der Waals surface area contributed by atoms with Crippen LogP contribution in [0.2, 0.25) is 0 Å². The van der Waals surface area contributed by atoms with Gasteiger partial charge in [-0.15, -0.1) is 11.3 Å². The maximum atomic E-state index is 11.6. The van der Waals surface area contributed by atoms with Crippen LogP contribution in [0.1, 0.15) is 26.5 Å². The molecular weight excluding hydrogens is 300 g/mol. The molecular formula is C12H13BrN2OS. The lowest BCUT2D eigenvalue weighted by Crippen LogP contribution is -2.19. The number of thiophene rings is 1. The van der Waals surface area contributed by atoms with E-state index >= 15 is 0 Å². The van der Waals surface area contributed by atoms with Gasteiger partial charge in [0.15, 0.2) is 5.82 Å². The molecule has 0 aliphatic carbocycles. The second-order valence-corrected chi connectivity index (χ2v) is 6.69. The zero-order valence-electron chi connectivity index (χ0n) is 9.87. The predicted octanol–water partition coefficient (Wildman–Crippen LogP) is 3.56. The van der Waals surface area contributed by atoms with Crippen molar-refractivity contribution in [3.8, 4) is 10.7 Å². The molecule has 0 atom stereocenters. The van der Waals surface area contributed by atoms with Gasteiger partial charge in [-0.3, -0.25) is 4.79 Å². The van der Waals surface area contributed by atoms with E-state index in [1.54, 1.807) is 17.4 Å². The lowest BCUT2D eigenvalue weighted by Gasteiger charge is -2.17. The molecule has 3 nitrogen and oxygen atoms in total. The molecule has 0 fully saturated rings. The van der Waals surface area contributed by atoms with Crippen molar-refractivity contribution in [2.75, 3.05) is 0 Å². The number of hydrogen-bond donors (Lipinski definition) is 1. The highest BCUT2D eigenvalue weighted by molar-refractivity contribution is 9.10. The number of hydrogen-bond acceptors (Lipinski definition) is 3. The molecule has 2 rings (SSSR count). The van der Waals surface area contributed by atoms with E-state index in [2.05, 4.69) is 25.9 Å². The second kappa shape index (κ2) is 4.38. The van der Waals surface area contributed by atoms with Crippen molar-refractivity contribution in [2.24, 2.45) is 0 Å². The van der Waals surface area contributed by atoms with Gasteiger partial charge in [0.2, 0.25) is 0 Å². The fourth-order valence-electron chi connectivity index (χ4n) is 1.40. The van der Waals surface area contributed by atoms with Gasteiger partial charge >= 0.3 is 0 Å². The van der Waals surface area contributed by atoms with Crippen LogP contribution >= 0.6 is 27.3 Å². The lowest BCUT2D eigenvalue weighted by molar-refractivity contribution is 0.566. The third-order valence-electron chi connectivity index (χ3n) is 2.31. The van der Waals surface area contributed by atoms with E-state index in [0.29, 0.717) is 5.82 Å². The van der Waals surface area contributed by atoms with Gasteiger partial charge in [-0.1, -0.05) is 20.8 Å². The molecule has 0 aliphatic rings. The second-order valence-electron chi connectivity index (χ2n) is 4.86. The first-order valence-electron chi connectivity index (χ1n) is 5.22. The van der Waals surface area contributed by atoms with Gasteiger partial charge in [0.05, 0.1) is 10.6 Å². The van der Waals surface area contributed by atoms with Gasteiger partial charge in [0.25, 0.3) is 5.56 Å². The van der Waals surface area contributed by atoms with Crippen molar-refractivity contribution in [3.05, 3.63) is 38.0 Å². The van der Waals surface area contributed by atoms with Gasteiger partial charge in [0.1, 0.15) is 0 Å². The minimum absolute atomic E-state index is 0.107. The normalized spacial score (nSPS) is 11.8. The topological polar surface area (TPSA) is 45.8 Å². The largest absolute Gasteiger partial charge is 0.306 e. The summed E-state index contributed by atoms with van der Waals surface area (Å²) >= 11 is 4.95. The van der Waals surface area contributed by atoms with Crippen molar-refractivity contribution in [3.63, 3.8) is 0 Å². The third-order valence-corrected chi connectivity index (χ3v) is 4.01. The summed E-state index contributed by atoms with van der Waals surface area (Å²) in [6.45, 7) is 6.13. The standard InChI is InChI=1S/C12H13BrN2OS/c1-12(2,3)9-5-10(16)15-11(14-9)8-4-7(13)6-17-8/h4-6H,1-3H3,(H,14,15,16). The molecule has 0 aliphatic heterocycles. The van der Waals surface area contributed by atoms with Crippen LogP contribution in [-0.2, 0) is 5.41 Å². The van der Waals surface area contributed by atoms with Gasteiger partial charge in [-0.2, -0.15) is 0 Å². The van der Waals surface area contributed by atoms with Crippen LogP contribution in [0, 0.1) is 0 Å². The number of aromatic amines is 1. The highest BCUT2D eigenvalue weighted by atomic mass is 79.9. The molecule has 1 N–H and O–H groups in total. The number of aromatic nitrogens is 2. The first kappa shape index (κ1) is 12.5. The third kappa shape index (κ3) is 2.84. The Balaban J connectivity index is 2.57. The fraction of sp³-hybridized carbons (Fsp3) is 0.333. The molecule has 5 heteroatoms. The van der Waals surface area contributed by atoms with E-state index in [9.17, 15) is 4.79 Å². The average molecular weight is 313 g/mol. The minimum atomic E-state index is -0.127. The van der Waals surface area contributed by atoms with Crippen molar-refractivity contribution in [2.45, 2.75) is 26.2 Å². The first-order chi connectivity index (χ1) is 7.86. The predicted molar refractivity (Wildman–Crippen MR) is 74.6 cm³/mol. The van der Waals surface area contributed by atoms with Crippen LogP contribution in [0.25, 0.3) is 10.7 Å². The van der Waals surface area contributed by atoms with Crippen molar-refractivity contribution >= 4 is 27.3 Å². The van der Waals surface area contributed by atoms with Gasteiger partial charge in [-0.25, -0.2) is 4.98 Å². The van der Waals surface area contributed by atoms with E-state index in [1.165, 1.54) is 0 Å². The van der Waals surface area contributed by atoms with Crippen LogP contribution < -0.4 is 5.56 Å². The Labute approximate surface area is 112 Å². The van der Waals surface area contributed by atoms with E-state index in [1.807, 2.05) is 32.2 Å². The maximum absolute atomic E-state index is 11.6. The van der Waals surface area contributed by atoms with Crippen LogP contribution in [0.5, 0.6) is 0 Å². The molecule has 0 radical (unpaired) electrons. The monoisotopic (exact) mass is 312 g/mol. The SMILES string of the molecule is CC(C)(C)c1cc(=O)[nH]c(-c2cc(Br)cs2)n1. The van der Waals surface area contributed by atoms with Crippen molar-refractivity contribution in [1.82, 2.24) is 9.97 Å². The molecule has 2 aromatic rings. The fourth-order valence-corrected chi connectivity index (χ4v) is 2.77. The lowest BCUT2D eigenvalue weighted by atomic mass is 9.92. The molecule has 90 valence electrons. The number of nitrogens with one attached hydrogen (secondary N) is 1. The van der Waals surface area contributed by atoms with Crippen molar-refractivity contribution in [1.29, 1.82) is 0 Å². The number of nitrogens with zero attached hydrogens (tertiary/aromatic N) is 1. The summed E-state index contributed by atoms with van der Waals surface area (Å²) in [6.07, 6.45) is 0. The van der Waals surface area contributed by atoms with Crippen LogP contribution in [0.4, 0.5) is 0 Å². The van der Waals surface area contributed by atoms with Gasteiger partial charge in [-0.05, 0) is 22.0 Å². The van der Waals surface area contributed by atoms with E-state index in [-0.39, 0.29) is 11.0 Å². The molecule has 2 aromatic heterocycles. The summed E-state index contributed by atoms with van der Waals surface area (Å²) in [5.41, 5.74) is 0.572. The number of rotatable bonds is 1. The highest BCUT2D eigenvalue weighted by Crippen LogP contribution is 2.28. The quantitative estimate of drug-likeness (QED) is 0.875. The molecule has 17 heavy (non-hydrogen) atoms. The van der Waals surface area contributed by atoms with Crippen LogP contribution in [0.15, 0.2) is 26.8 Å². The first-order valence-corrected chi connectivity index (χ1v) is 6.90. The average Bonchev–Trinajstić information content (AvgIpc) is 2.62. The van der Waals surface area contributed by atoms with Crippen LogP contribution in [-0.4, -0.2) is 9.97 Å². The van der Waals surface area contributed by atoms with E-state index in [0.717, 1.165) is 15.0 Å². The zero-order chi connectivity index (χ0) is 12.6. The molecule has 0 aromatic carbocycles. The van der Waals surface area contributed by atoms with Gasteiger partial charge < -0.3 is 4.98 Å². The summed E-state index contributed by atoms with van der Waals surface area (Å²) < 4.78 is 1.00. The molecule has 2 heterocycles.